The Balaban J connectivity index is 1.68. The molecule has 0 saturated heterocycles. The van der Waals surface area contributed by atoms with Crippen LogP contribution in [0.15, 0.2) is 48.5 Å². The SMILES string of the molecule is NNc1ccc(/C=C/c2ccc(OCCOCCOCCF)cc2)cc1. The van der Waals surface area contributed by atoms with Gasteiger partial charge in [0.1, 0.15) is 19.0 Å². The molecular formula is C20H25FN2O3. The number of nitrogens with one attached hydrogen (secondary N) is 1. The van der Waals surface area contributed by atoms with Gasteiger partial charge < -0.3 is 19.6 Å². The van der Waals surface area contributed by atoms with Crippen LogP contribution in [0.3, 0.4) is 0 Å². The van der Waals surface area contributed by atoms with Gasteiger partial charge in [-0.2, -0.15) is 0 Å². The van der Waals surface area contributed by atoms with E-state index < -0.39 is 6.67 Å². The monoisotopic (exact) mass is 360 g/mol. The Bertz CT molecular complexity index is 645. The summed E-state index contributed by atoms with van der Waals surface area (Å²) in [5, 5.41) is 0. The number of alkyl halides is 1. The number of nitrogen functional groups attached to an aromatic ring is 1. The lowest BCUT2D eigenvalue weighted by atomic mass is 10.1. The molecule has 0 atom stereocenters. The Kier molecular flexibility index (Phi) is 9.21. The molecule has 0 aliphatic rings. The zero-order valence-electron chi connectivity index (χ0n) is 14.7. The van der Waals surface area contributed by atoms with Gasteiger partial charge in [-0.25, -0.2) is 4.39 Å². The molecule has 140 valence electrons. The number of hydrogen-bond donors (Lipinski definition) is 2. The predicted molar refractivity (Wildman–Crippen MR) is 103 cm³/mol. The minimum atomic E-state index is -0.466. The van der Waals surface area contributed by atoms with Crippen LogP contribution < -0.4 is 16.0 Å². The highest BCUT2D eigenvalue weighted by molar-refractivity contribution is 5.70. The van der Waals surface area contributed by atoms with Crippen molar-refractivity contribution in [2.24, 2.45) is 5.84 Å². The van der Waals surface area contributed by atoms with E-state index in [0.29, 0.717) is 26.4 Å². The first-order chi connectivity index (χ1) is 12.8. The van der Waals surface area contributed by atoms with E-state index in [-0.39, 0.29) is 6.61 Å². The van der Waals surface area contributed by atoms with Gasteiger partial charge in [-0.3, -0.25) is 5.84 Å². The molecule has 3 N–H and O–H groups in total. The van der Waals surface area contributed by atoms with E-state index in [1.807, 2.05) is 60.7 Å². The minimum Gasteiger partial charge on any atom is -0.491 e. The largest absolute Gasteiger partial charge is 0.491 e. The number of ether oxygens (including phenoxy) is 3. The summed E-state index contributed by atoms with van der Waals surface area (Å²) < 4.78 is 27.7. The Morgan fingerprint density at radius 3 is 1.88 bits per heavy atom. The van der Waals surface area contributed by atoms with Gasteiger partial charge >= 0.3 is 0 Å². The number of hydrazine groups is 1. The molecule has 0 aliphatic carbocycles. The van der Waals surface area contributed by atoms with E-state index in [1.165, 1.54) is 0 Å². The maximum absolute atomic E-state index is 11.8. The van der Waals surface area contributed by atoms with Gasteiger partial charge in [-0.15, -0.1) is 0 Å². The van der Waals surface area contributed by atoms with Crippen LogP contribution in [0.4, 0.5) is 10.1 Å². The summed E-state index contributed by atoms with van der Waals surface area (Å²) in [4.78, 5) is 0. The second kappa shape index (κ2) is 12.0. The van der Waals surface area contributed by atoms with Crippen molar-refractivity contribution in [2.45, 2.75) is 0 Å². The van der Waals surface area contributed by atoms with Gasteiger partial charge in [0.25, 0.3) is 0 Å². The molecule has 0 spiro atoms. The number of anilines is 1. The van der Waals surface area contributed by atoms with Crippen LogP contribution in [0, 0.1) is 0 Å². The molecule has 0 radical (unpaired) electrons. The molecule has 0 unspecified atom stereocenters. The fourth-order valence-electron chi connectivity index (χ4n) is 2.15. The fourth-order valence-corrected chi connectivity index (χ4v) is 2.15. The van der Waals surface area contributed by atoms with Crippen molar-refractivity contribution in [2.75, 3.05) is 45.1 Å². The molecule has 0 aliphatic heterocycles. The van der Waals surface area contributed by atoms with Gasteiger partial charge in [0.05, 0.1) is 26.4 Å². The number of nitrogens with two attached hydrogens (primary N) is 1. The molecule has 2 rings (SSSR count). The van der Waals surface area contributed by atoms with Crippen molar-refractivity contribution >= 4 is 17.8 Å². The highest BCUT2D eigenvalue weighted by Gasteiger charge is 1.95. The third-order valence-electron chi connectivity index (χ3n) is 3.52. The Morgan fingerprint density at radius 1 is 0.769 bits per heavy atom. The molecule has 26 heavy (non-hydrogen) atoms. The van der Waals surface area contributed by atoms with Gasteiger partial charge in [-0.05, 0) is 35.4 Å². The quantitative estimate of drug-likeness (QED) is 0.262. The minimum absolute atomic E-state index is 0.122. The normalized spacial score (nSPS) is 11.0. The molecule has 2 aromatic carbocycles. The first kappa shape index (κ1) is 19.9. The lowest BCUT2D eigenvalue weighted by Gasteiger charge is -2.07. The van der Waals surface area contributed by atoms with Crippen molar-refractivity contribution in [3.63, 3.8) is 0 Å². The maximum atomic E-state index is 11.8. The third-order valence-corrected chi connectivity index (χ3v) is 3.52. The summed E-state index contributed by atoms with van der Waals surface area (Å²) in [6.07, 6.45) is 4.07. The predicted octanol–water partition coefficient (Wildman–Crippen LogP) is 3.52. The van der Waals surface area contributed by atoms with Crippen molar-refractivity contribution in [1.29, 1.82) is 0 Å². The molecule has 5 nitrogen and oxygen atoms in total. The lowest BCUT2D eigenvalue weighted by molar-refractivity contribution is 0.0325. The third kappa shape index (κ3) is 7.65. The van der Waals surface area contributed by atoms with Gasteiger partial charge in [-0.1, -0.05) is 36.4 Å². The average Bonchev–Trinajstić information content (AvgIpc) is 2.69. The van der Waals surface area contributed by atoms with Gasteiger partial charge in [0.15, 0.2) is 0 Å². The van der Waals surface area contributed by atoms with Gasteiger partial charge in [0.2, 0.25) is 0 Å². The van der Waals surface area contributed by atoms with E-state index in [2.05, 4.69) is 5.43 Å². The number of benzene rings is 2. The topological polar surface area (TPSA) is 65.7 Å². The Morgan fingerprint density at radius 2 is 1.31 bits per heavy atom. The first-order valence-corrected chi connectivity index (χ1v) is 8.51. The summed E-state index contributed by atoms with van der Waals surface area (Å²) in [5.41, 5.74) is 5.66. The van der Waals surface area contributed by atoms with Crippen molar-refractivity contribution in [3.05, 3.63) is 59.7 Å². The average molecular weight is 360 g/mol. The van der Waals surface area contributed by atoms with Crippen LogP contribution in [0.25, 0.3) is 12.2 Å². The molecule has 0 aromatic heterocycles. The molecule has 0 heterocycles. The second-order valence-electron chi connectivity index (χ2n) is 5.43. The zero-order chi connectivity index (χ0) is 18.5. The van der Waals surface area contributed by atoms with E-state index in [4.69, 9.17) is 20.1 Å². The summed E-state index contributed by atoms with van der Waals surface area (Å²) in [7, 11) is 0. The Labute approximate surface area is 153 Å². The van der Waals surface area contributed by atoms with Crippen LogP contribution in [0.5, 0.6) is 5.75 Å². The molecule has 0 saturated carbocycles. The molecule has 0 fully saturated rings. The van der Waals surface area contributed by atoms with E-state index in [9.17, 15) is 4.39 Å². The highest BCUT2D eigenvalue weighted by Crippen LogP contribution is 2.15. The van der Waals surface area contributed by atoms with Gasteiger partial charge in [0, 0.05) is 5.69 Å². The summed E-state index contributed by atoms with van der Waals surface area (Å²) in [6, 6.07) is 15.7. The van der Waals surface area contributed by atoms with Crippen molar-refractivity contribution < 1.29 is 18.6 Å². The van der Waals surface area contributed by atoms with E-state index in [0.717, 1.165) is 22.6 Å². The molecule has 2 aromatic rings. The summed E-state index contributed by atoms with van der Waals surface area (Å²) in [5.74, 6) is 6.14. The van der Waals surface area contributed by atoms with Crippen LogP contribution in [0.2, 0.25) is 0 Å². The second-order valence-corrected chi connectivity index (χ2v) is 5.43. The molecular weight excluding hydrogens is 335 g/mol. The fraction of sp³-hybridized carbons (Fsp3) is 0.300. The zero-order valence-corrected chi connectivity index (χ0v) is 14.7. The van der Waals surface area contributed by atoms with Crippen LogP contribution >= 0.6 is 0 Å². The van der Waals surface area contributed by atoms with E-state index in [1.54, 1.807) is 0 Å². The lowest BCUT2D eigenvalue weighted by Crippen LogP contribution is -2.11. The van der Waals surface area contributed by atoms with Crippen LogP contribution in [0.1, 0.15) is 11.1 Å². The Hall–Kier alpha value is -2.41. The smallest absolute Gasteiger partial charge is 0.119 e. The standard InChI is InChI=1S/C20H25FN2O3/c21-11-12-24-13-14-25-15-16-26-20-9-5-18(6-10-20)2-1-17-3-7-19(23-22)8-4-17/h1-10,23H,11-16,22H2/b2-1+. The van der Waals surface area contributed by atoms with Crippen molar-refractivity contribution in [1.82, 2.24) is 0 Å². The summed E-state index contributed by atoms with van der Waals surface area (Å²) in [6.45, 7) is 1.42. The number of hydrogen-bond acceptors (Lipinski definition) is 5. The first-order valence-electron chi connectivity index (χ1n) is 8.51. The molecule has 0 amide bonds. The number of halogens is 1. The van der Waals surface area contributed by atoms with Crippen molar-refractivity contribution in [3.8, 4) is 5.75 Å². The number of rotatable bonds is 12. The van der Waals surface area contributed by atoms with Crippen LogP contribution in [-0.4, -0.2) is 39.7 Å². The molecule has 6 heteroatoms. The van der Waals surface area contributed by atoms with E-state index >= 15 is 0 Å². The molecule has 0 bridgehead atoms. The highest BCUT2D eigenvalue weighted by atomic mass is 19.1. The maximum Gasteiger partial charge on any atom is 0.119 e. The summed E-state index contributed by atoms with van der Waals surface area (Å²) >= 11 is 0. The van der Waals surface area contributed by atoms with Crippen LogP contribution in [-0.2, 0) is 9.47 Å².